The van der Waals surface area contributed by atoms with Crippen LogP contribution in [0.2, 0.25) is 0 Å². The fourth-order valence-electron chi connectivity index (χ4n) is 8.48. The maximum Gasteiger partial charge on any atom is 0.0543 e. The Kier molecular flexibility index (Phi) is 5.58. The molecule has 1 nitrogen and oxygen atoms in total. The zero-order chi connectivity index (χ0) is 31.4. The zero-order valence-electron chi connectivity index (χ0n) is 27.1. The number of benzene rings is 7. The summed E-state index contributed by atoms with van der Waals surface area (Å²) in [5.74, 6) is 0. The van der Waals surface area contributed by atoms with Gasteiger partial charge in [0.15, 0.2) is 0 Å². The predicted octanol–water partition coefficient (Wildman–Crippen LogP) is 12.4. The summed E-state index contributed by atoms with van der Waals surface area (Å²) < 4.78 is 0. The summed E-state index contributed by atoms with van der Waals surface area (Å²) >= 11 is 0. The van der Waals surface area contributed by atoms with E-state index in [2.05, 4.69) is 173 Å². The third-order valence-corrected chi connectivity index (χ3v) is 10.9. The number of nitrogens with zero attached hydrogens (tertiary/aromatic N) is 1. The van der Waals surface area contributed by atoms with Gasteiger partial charge in [0.2, 0.25) is 0 Å². The van der Waals surface area contributed by atoms with Crippen LogP contribution in [0.3, 0.4) is 0 Å². The van der Waals surface area contributed by atoms with Gasteiger partial charge < -0.3 is 4.90 Å². The molecular formula is C45H37N. The summed E-state index contributed by atoms with van der Waals surface area (Å²) in [6, 6.07) is 49.9. The minimum Gasteiger partial charge on any atom is -0.309 e. The fourth-order valence-corrected chi connectivity index (χ4v) is 8.48. The summed E-state index contributed by atoms with van der Waals surface area (Å²) in [5, 5.41) is 5.06. The van der Waals surface area contributed by atoms with Crippen LogP contribution >= 0.6 is 0 Å². The third kappa shape index (κ3) is 3.63. The Balaban J connectivity index is 1.34. The van der Waals surface area contributed by atoms with Crippen LogP contribution in [0.4, 0.5) is 17.1 Å². The van der Waals surface area contributed by atoms with Crippen molar-refractivity contribution in [3.8, 4) is 22.3 Å². The molecule has 2 aliphatic rings. The van der Waals surface area contributed by atoms with Crippen molar-refractivity contribution in [3.05, 3.63) is 161 Å². The molecule has 2 aliphatic carbocycles. The van der Waals surface area contributed by atoms with E-state index in [1.165, 1.54) is 83.0 Å². The summed E-state index contributed by atoms with van der Waals surface area (Å²) in [6.07, 6.45) is 0. The Morgan fingerprint density at radius 1 is 0.435 bits per heavy atom. The van der Waals surface area contributed by atoms with E-state index in [1.54, 1.807) is 0 Å². The molecule has 0 amide bonds. The van der Waals surface area contributed by atoms with Gasteiger partial charge in [-0.05, 0) is 98.6 Å². The molecule has 0 radical (unpaired) electrons. The SMILES string of the molecule is Cc1ccc2c(c1)C(C)(C)c1cc3c(cc1-2)C(C)(C)c1cc(N(c2ccccc2)c2cccc4ccccc24)c2ccccc2c1-3. The number of para-hydroxylation sites is 1. The van der Waals surface area contributed by atoms with Crippen molar-refractivity contribution in [2.45, 2.75) is 45.4 Å². The first kappa shape index (κ1) is 27.2. The minimum atomic E-state index is -0.169. The quantitative estimate of drug-likeness (QED) is 0.198. The van der Waals surface area contributed by atoms with Crippen molar-refractivity contribution in [2.24, 2.45) is 0 Å². The topological polar surface area (TPSA) is 3.24 Å². The van der Waals surface area contributed by atoms with Crippen LogP contribution in [-0.4, -0.2) is 0 Å². The van der Waals surface area contributed by atoms with Gasteiger partial charge in [0, 0.05) is 27.3 Å². The van der Waals surface area contributed by atoms with Crippen molar-refractivity contribution >= 4 is 38.6 Å². The van der Waals surface area contributed by atoms with Gasteiger partial charge in [-0.1, -0.05) is 130 Å². The average Bonchev–Trinajstić information content (AvgIpc) is 3.43. The maximum atomic E-state index is 2.54. The molecule has 0 unspecified atom stereocenters. The lowest BCUT2D eigenvalue weighted by Crippen LogP contribution is -2.18. The van der Waals surface area contributed by atoms with Crippen LogP contribution in [0.25, 0.3) is 43.8 Å². The Morgan fingerprint density at radius 3 is 1.85 bits per heavy atom. The molecule has 0 atom stereocenters. The van der Waals surface area contributed by atoms with Gasteiger partial charge in [0.25, 0.3) is 0 Å². The maximum absolute atomic E-state index is 2.54. The number of rotatable bonds is 3. The number of hydrogen-bond acceptors (Lipinski definition) is 1. The van der Waals surface area contributed by atoms with Gasteiger partial charge in [0.05, 0.1) is 11.4 Å². The van der Waals surface area contributed by atoms with Crippen molar-refractivity contribution in [1.82, 2.24) is 0 Å². The molecule has 0 heterocycles. The van der Waals surface area contributed by atoms with Gasteiger partial charge in [-0.2, -0.15) is 0 Å². The normalized spacial score (nSPS) is 15.0. The van der Waals surface area contributed by atoms with Crippen molar-refractivity contribution < 1.29 is 0 Å². The first-order valence-electron chi connectivity index (χ1n) is 16.5. The van der Waals surface area contributed by atoms with Crippen molar-refractivity contribution in [2.75, 3.05) is 4.90 Å². The molecule has 0 bridgehead atoms. The van der Waals surface area contributed by atoms with Gasteiger partial charge in [0.1, 0.15) is 0 Å². The molecule has 0 N–H and O–H groups in total. The minimum absolute atomic E-state index is 0.0488. The van der Waals surface area contributed by atoms with Gasteiger partial charge >= 0.3 is 0 Å². The van der Waals surface area contributed by atoms with Crippen LogP contribution in [0.15, 0.2) is 133 Å². The first-order chi connectivity index (χ1) is 22.2. The summed E-state index contributed by atoms with van der Waals surface area (Å²) in [6.45, 7) is 11.8. The number of anilines is 3. The standard InChI is InChI=1S/C45H37N/c1-28-22-23-32-35-25-39-36(26-38(35)44(2,3)37(32)24-28)43-34-20-12-11-19-33(34)42(27-40(43)45(39,4)5)46(30-16-7-6-8-17-30)41-21-13-15-29-14-9-10-18-31(29)41/h6-27H,1-5H3. The molecule has 46 heavy (non-hydrogen) atoms. The number of aryl methyl sites for hydroxylation is 1. The number of fused-ring (bicyclic) bond motifs is 9. The molecule has 0 aliphatic heterocycles. The largest absolute Gasteiger partial charge is 0.309 e. The lowest BCUT2D eigenvalue weighted by molar-refractivity contribution is 0.652. The van der Waals surface area contributed by atoms with E-state index in [4.69, 9.17) is 0 Å². The average molecular weight is 592 g/mol. The van der Waals surface area contributed by atoms with Gasteiger partial charge in [-0.3, -0.25) is 0 Å². The summed E-state index contributed by atoms with van der Waals surface area (Å²) in [7, 11) is 0. The molecule has 7 aromatic rings. The summed E-state index contributed by atoms with van der Waals surface area (Å²) in [4.78, 5) is 2.48. The van der Waals surface area contributed by atoms with Crippen LogP contribution in [-0.2, 0) is 10.8 Å². The lowest BCUT2D eigenvalue weighted by atomic mass is 9.79. The Morgan fingerprint density at radius 2 is 1.04 bits per heavy atom. The van der Waals surface area contributed by atoms with E-state index in [0.29, 0.717) is 0 Å². The van der Waals surface area contributed by atoms with Crippen LogP contribution in [0.5, 0.6) is 0 Å². The third-order valence-electron chi connectivity index (χ3n) is 10.9. The Hall–Kier alpha value is -5.14. The highest BCUT2D eigenvalue weighted by atomic mass is 15.1. The highest BCUT2D eigenvalue weighted by Crippen LogP contribution is 2.59. The van der Waals surface area contributed by atoms with Gasteiger partial charge in [-0.15, -0.1) is 0 Å². The molecule has 0 fully saturated rings. The molecule has 222 valence electrons. The second-order valence-corrected chi connectivity index (χ2v) is 14.3. The molecule has 0 aromatic heterocycles. The van der Waals surface area contributed by atoms with E-state index >= 15 is 0 Å². The van der Waals surface area contributed by atoms with E-state index in [9.17, 15) is 0 Å². The molecule has 7 aromatic carbocycles. The zero-order valence-corrected chi connectivity index (χ0v) is 27.1. The van der Waals surface area contributed by atoms with E-state index in [-0.39, 0.29) is 10.8 Å². The fraction of sp³-hybridized carbons (Fsp3) is 0.156. The smallest absolute Gasteiger partial charge is 0.0543 e. The highest BCUT2D eigenvalue weighted by molar-refractivity contribution is 6.12. The predicted molar refractivity (Wildman–Crippen MR) is 196 cm³/mol. The van der Waals surface area contributed by atoms with Crippen molar-refractivity contribution in [1.29, 1.82) is 0 Å². The van der Waals surface area contributed by atoms with Crippen LogP contribution in [0.1, 0.15) is 55.5 Å². The Bertz CT molecular complexity index is 2370. The molecule has 1 heteroatoms. The second-order valence-electron chi connectivity index (χ2n) is 14.3. The van der Waals surface area contributed by atoms with E-state index in [1.807, 2.05) is 0 Å². The monoisotopic (exact) mass is 591 g/mol. The van der Waals surface area contributed by atoms with Crippen LogP contribution < -0.4 is 4.90 Å². The van der Waals surface area contributed by atoms with Crippen molar-refractivity contribution in [3.63, 3.8) is 0 Å². The summed E-state index contributed by atoms with van der Waals surface area (Å²) in [5.41, 5.74) is 15.9. The number of hydrogen-bond donors (Lipinski definition) is 0. The second kappa shape index (κ2) is 9.44. The molecular weight excluding hydrogens is 555 g/mol. The van der Waals surface area contributed by atoms with Gasteiger partial charge in [-0.25, -0.2) is 0 Å². The molecule has 9 rings (SSSR count). The molecule has 0 saturated carbocycles. The van der Waals surface area contributed by atoms with E-state index in [0.717, 1.165) is 5.69 Å². The molecule has 0 saturated heterocycles. The van der Waals surface area contributed by atoms with E-state index < -0.39 is 0 Å². The Labute approximate surface area is 271 Å². The molecule has 0 spiro atoms. The highest BCUT2D eigenvalue weighted by Gasteiger charge is 2.42. The van der Waals surface area contributed by atoms with Crippen LogP contribution in [0, 0.1) is 6.92 Å². The first-order valence-corrected chi connectivity index (χ1v) is 16.5. The lowest BCUT2D eigenvalue weighted by Gasteiger charge is -2.30.